The topological polar surface area (TPSA) is 72.9 Å². The maximum Gasteiger partial charge on any atom is 0.411 e. The zero-order valence-corrected chi connectivity index (χ0v) is 15.9. The number of hydrogen-bond donors (Lipinski definition) is 0. The number of carbonyl (C=O) groups is 3. The molecule has 0 radical (unpaired) electrons. The van der Waals surface area contributed by atoms with E-state index in [-0.39, 0.29) is 12.4 Å². The predicted octanol–water partition coefficient (Wildman–Crippen LogP) is 3.72. The van der Waals surface area contributed by atoms with E-state index in [1.54, 1.807) is 24.3 Å². The summed E-state index contributed by atoms with van der Waals surface area (Å²) >= 11 is 0. The first-order valence-corrected chi connectivity index (χ1v) is 8.99. The Bertz CT molecular complexity index is 665. The number of ketones is 1. The normalized spacial score (nSPS) is 17.1. The van der Waals surface area contributed by atoms with E-state index >= 15 is 0 Å². The fraction of sp³-hybridized carbons (Fsp3) is 0.550. The Labute approximate surface area is 154 Å². The van der Waals surface area contributed by atoms with Crippen molar-refractivity contribution in [2.45, 2.75) is 65.2 Å². The second-order valence-electron chi connectivity index (χ2n) is 7.19. The molecule has 0 saturated carbocycles. The van der Waals surface area contributed by atoms with Crippen LogP contribution in [0.25, 0.3) is 0 Å². The van der Waals surface area contributed by atoms with Gasteiger partial charge in [-0.25, -0.2) is 9.59 Å². The quantitative estimate of drug-likeness (QED) is 0.570. The Balaban J connectivity index is 1.93. The zero-order valence-electron chi connectivity index (χ0n) is 15.9. The van der Waals surface area contributed by atoms with Gasteiger partial charge in [0, 0.05) is 12.1 Å². The van der Waals surface area contributed by atoms with Crippen LogP contribution in [0.2, 0.25) is 0 Å². The minimum Gasteiger partial charge on any atom is -0.459 e. The number of ether oxygens (including phenoxy) is 2. The molecule has 1 aliphatic heterocycles. The largest absolute Gasteiger partial charge is 0.459 e. The number of Topliss-reactive ketones (excluding diaryl/α,β-unsaturated/α-hetero) is 1. The highest BCUT2D eigenvalue weighted by molar-refractivity contribution is 5.94. The van der Waals surface area contributed by atoms with Crippen molar-refractivity contribution in [1.29, 1.82) is 0 Å². The van der Waals surface area contributed by atoms with Gasteiger partial charge in [-0.2, -0.15) is 0 Å². The van der Waals surface area contributed by atoms with Crippen molar-refractivity contribution in [2.24, 2.45) is 0 Å². The molecule has 6 nitrogen and oxygen atoms in total. The Morgan fingerprint density at radius 2 is 1.85 bits per heavy atom. The molecule has 1 atom stereocenters. The lowest BCUT2D eigenvalue weighted by Crippen LogP contribution is -2.44. The van der Waals surface area contributed by atoms with Crippen LogP contribution in [0.1, 0.15) is 62.9 Å². The van der Waals surface area contributed by atoms with Gasteiger partial charge in [0.15, 0.2) is 5.78 Å². The van der Waals surface area contributed by atoms with Crippen molar-refractivity contribution >= 4 is 17.8 Å². The predicted molar refractivity (Wildman–Crippen MR) is 96.8 cm³/mol. The van der Waals surface area contributed by atoms with Gasteiger partial charge in [0.05, 0.1) is 0 Å². The number of amides is 1. The van der Waals surface area contributed by atoms with Crippen molar-refractivity contribution in [2.75, 3.05) is 6.54 Å². The number of nitrogens with zero attached hydrogens (tertiary/aromatic N) is 1. The third-order valence-corrected chi connectivity index (χ3v) is 4.72. The molecule has 1 aliphatic rings. The third kappa shape index (κ3) is 5.07. The van der Waals surface area contributed by atoms with Gasteiger partial charge in [-0.15, -0.1) is 0 Å². The van der Waals surface area contributed by atoms with Crippen molar-refractivity contribution in [3.05, 3.63) is 35.4 Å². The van der Waals surface area contributed by atoms with Crippen LogP contribution in [-0.2, 0) is 20.9 Å². The number of benzene rings is 1. The molecular formula is C20H27NO5. The Morgan fingerprint density at radius 1 is 1.19 bits per heavy atom. The van der Waals surface area contributed by atoms with Crippen molar-refractivity contribution in [3.8, 4) is 0 Å². The highest BCUT2D eigenvalue weighted by Gasteiger charge is 2.38. The fourth-order valence-corrected chi connectivity index (χ4v) is 2.68. The monoisotopic (exact) mass is 361 g/mol. The van der Waals surface area contributed by atoms with Crippen LogP contribution in [0.15, 0.2) is 24.3 Å². The van der Waals surface area contributed by atoms with Crippen LogP contribution >= 0.6 is 0 Å². The molecule has 0 aliphatic carbocycles. The van der Waals surface area contributed by atoms with Crippen molar-refractivity contribution in [1.82, 2.24) is 4.90 Å². The van der Waals surface area contributed by atoms with E-state index in [1.165, 1.54) is 11.8 Å². The third-order valence-electron chi connectivity index (χ3n) is 4.72. The smallest absolute Gasteiger partial charge is 0.411 e. The van der Waals surface area contributed by atoms with E-state index in [0.717, 1.165) is 12.0 Å². The number of hydrogen-bond acceptors (Lipinski definition) is 5. The van der Waals surface area contributed by atoms with E-state index in [2.05, 4.69) is 0 Å². The van der Waals surface area contributed by atoms with Gasteiger partial charge in [-0.05, 0) is 45.6 Å². The van der Waals surface area contributed by atoms with E-state index < -0.39 is 23.7 Å². The highest BCUT2D eigenvalue weighted by Crippen LogP contribution is 2.23. The summed E-state index contributed by atoms with van der Waals surface area (Å²) in [6.07, 6.45) is 1.54. The minimum atomic E-state index is -0.605. The number of likely N-dealkylation sites (tertiary alicyclic amines) is 1. The summed E-state index contributed by atoms with van der Waals surface area (Å²) in [5.74, 6) is -0.437. The van der Waals surface area contributed by atoms with Crippen LogP contribution in [0.4, 0.5) is 4.79 Å². The minimum absolute atomic E-state index is 0.0105. The average molecular weight is 361 g/mol. The summed E-state index contributed by atoms with van der Waals surface area (Å²) in [7, 11) is 0. The van der Waals surface area contributed by atoms with Gasteiger partial charge in [-0.1, -0.05) is 31.2 Å². The Morgan fingerprint density at radius 3 is 2.42 bits per heavy atom. The van der Waals surface area contributed by atoms with Crippen molar-refractivity contribution < 1.29 is 23.9 Å². The first kappa shape index (κ1) is 19.9. The van der Waals surface area contributed by atoms with Gasteiger partial charge in [0.2, 0.25) is 0 Å². The molecule has 1 unspecified atom stereocenters. The standard InChI is InChI=1S/C20H27NO5/c1-5-20(3,4)26-19(24)21-12-6-7-17(21)18(23)25-13-15-8-10-16(11-9-15)14(2)22/h8-11,17H,5-7,12-13H2,1-4H3. The van der Waals surface area contributed by atoms with Gasteiger partial charge >= 0.3 is 12.1 Å². The number of carbonyl (C=O) groups excluding carboxylic acids is 3. The van der Waals surface area contributed by atoms with E-state index in [0.29, 0.717) is 24.9 Å². The molecule has 1 aromatic rings. The van der Waals surface area contributed by atoms with Crippen LogP contribution in [-0.4, -0.2) is 40.9 Å². The first-order valence-electron chi connectivity index (χ1n) is 8.99. The van der Waals surface area contributed by atoms with Crippen molar-refractivity contribution in [3.63, 3.8) is 0 Å². The highest BCUT2D eigenvalue weighted by atomic mass is 16.6. The second kappa shape index (κ2) is 8.34. The van der Waals surface area contributed by atoms with Gasteiger partial charge in [0.1, 0.15) is 18.2 Å². The molecule has 1 heterocycles. The lowest BCUT2D eigenvalue weighted by atomic mass is 10.1. The molecule has 2 rings (SSSR count). The summed E-state index contributed by atoms with van der Waals surface area (Å²) in [6, 6.07) is 6.32. The maximum absolute atomic E-state index is 12.4. The molecule has 0 spiro atoms. The van der Waals surface area contributed by atoms with Gasteiger partial charge in [-0.3, -0.25) is 9.69 Å². The molecule has 0 N–H and O–H groups in total. The molecule has 0 bridgehead atoms. The molecule has 142 valence electrons. The van der Waals surface area contributed by atoms with E-state index in [9.17, 15) is 14.4 Å². The zero-order chi connectivity index (χ0) is 19.3. The molecule has 1 saturated heterocycles. The van der Waals surface area contributed by atoms with Gasteiger partial charge < -0.3 is 9.47 Å². The first-order chi connectivity index (χ1) is 12.2. The summed E-state index contributed by atoms with van der Waals surface area (Å²) < 4.78 is 10.9. The van der Waals surface area contributed by atoms with Gasteiger partial charge in [0.25, 0.3) is 0 Å². The summed E-state index contributed by atoms with van der Waals surface area (Å²) in [5.41, 5.74) is 0.845. The summed E-state index contributed by atoms with van der Waals surface area (Å²) in [5, 5.41) is 0. The van der Waals surface area contributed by atoms with Crippen LogP contribution in [0, 0.1) is 0 Å². The Hall–Kier alpha value is -2.37. The Kier molecular flexibility index (Phi) is 6.40. The molecule has 0 aromatic heterocycles. The lowest BCUT2D eigenvalue weighted by molar-refractivity contribution is -0.150. The maximum atomic E-state index is 12.4. The summed E-state index contributed by atoms with van der Waals surface area (Å²) in [4.78, 5) is 37.5. The lowest BCUT2D eigenvalue weighted by Gasteiger charge is -2.29. The average Bonchev–Trinajstić information content (AvgIpc) is 3.09. The molecular weight excluding hydrogens is 334 g/mol. The molecule has 1 fully saturated rings. The fourth-order valence-electron chi connectivity index (χ4n) is 2.68. The number of esters is 1. The molecule has 1 amide bonds. The SMILES string of the molecule is CCC(C)(C)OC(=O)N1CCCC1C(=O)OCc1ccc(C(C)=O)cc1. The molecule has 6 heteroatoms. The molecule has 26 heavy (non-hydrogen) atoms. The van der Waals surface area contributed by atoms with Crippen LogP contribution < -0.4 is 0 Å². The second-order valence-corrected chi connectivity index (χ2v) is 7.19. The van der Waals surface area contributed by atoms with Crippen LogP contribution in [0.3, 0.4) is 0 Å². The molecule has 1 aromatic carbocycles. The number of rotatable bonds is 6. The van der Waals surface area contributed by atoms with E-state index in [1.807, 2.05) is 20.8 Å². The van der Waals surface area contributed by atoms with Crippen LogP contribution in [0.5, 0.6) is 0 Å². The van der Waals surface area contributed by atoms with E-state index in [4.69, 9.17) is 9.47 Å². The summed E-state index contributed by atoms with van der Waals surface area (Å²) in [6.45, 7) is 7.74.